The van der Waals surface area contributed by atoms with Crippen LogP contribution in [0.3, 0.4) is 0 Å². The number of aromatic nitrogens is 2. The summed E-state index contributed by atoms with van der Waals surface area (Å²) in [5.74, 6) is 0. The molecule has 2 aromatic rings. The highest BCUT2D eigenvalue weighted by Crippen LogP contribution is 2.27. The van der Waals surface area contributed by atoms with Gasteiger partial charge in [0.1, 0.15) is 5.01 Å². The van der Waals surface area contributed by atoms with Gasteiger partial charge in [-0.2, -0.15) is 0 Å². The van der Waals surface area contributed by atoms with Gasteiger partial charge in [-0.1, -0.05) is 41.7 Å². The first kappa shape index (κ1) is 16.4. The normalized spacial score (nSPS) is 22.2. The minimum atomic E-state index is 0.315. The van der Waals surface area contributed by atoms with E-state index in [9.17, 15) is 0 Å². The van der Waals surface area contributed by atoms with Crippen LogP contribution in [-0.2, 0) is 4.74 Å². The maximum absolute atomic E-state index is 5.78. The molecule has 1 fully saturated rings. The zero-order valence-corrected chi connectivity index (χ0v) is 14.8. The molecule has 0 radical (unpaired) electrons. The van der Waals surface area contributed by atoms with E-state index in [0.717, 1.165) is 41.9 Å². The summed E-state index contributed by atoms with van der Waals surface area (Å²) >= 11 is 1.64. The van der Waals surface area contributed by atoms with Crippen molar-refractivity contribution in [1.82, 2.24) is 15.1 Å². The minimum Gasteiger partial charge on any atom is -0.373 e. The number of benzene rings is 1. The van der Waals surface area contributed by atoms with Gasteiger partial charge in [0.25, 0.3) is 0 Å². The van der Waals surface area contributed by atoms with Gasteiger partial charge in [0.2, 0.25) is 5.13 Å². The third-order valence-electron chi connectivity index (χ3n) is 4.01. The molecule has 0 saturated carbocycles. The van der Waals surface area contributed by atoms with E-state index in [2.05, 4.69) is 53.0 Å². The third-order valence-corrected chi connectivity index (χ3v) is 5.10. The van der Waals surface area contributed by atoms with E-state index >= 15 is 0 Å². The van der Waals surface area contributed by atoms with E-state index < -0.39 is 0 Å². The summed E-state index contributed by atoms with van der Waals surface area (Å²) in [6, 6.07) is 10.2. The highest BCUT2D eigenvalue weighted by molar-refractivity contribution is 7.18. The molecule has 1 aromatic heterocycles. The Hall–Kier alpha value is -1.50. The molecule has 2 atom stereocenters. The summed E-state index contributed by atoms with van der Waals surface area (Å²) in [7, 11) is 2.09. The number of likely N-dealkylation sites (N-methyl/N-ethyl adjacent to an activating group) is 1. The molecule has 1 aliphatic rings. The van der Waals surface area contributed by atoms with Gasteiger partial charge < -0.3 is 9.64 Å². The van der Waals surface area contributed by atoms with Crippen molar-refractivity contribution < 1.29 is 4.74 Å². The summed E-state index contributed by atoms with van der Waals surface area (Å²) in [5.41, 5.74) is 1.13. The lowest BCUT2D eigenvalue weighted by Crippen LogP contribution is -2.47. The quantitative estimate of drug-likeness (QED) is 0.842. The molecule has 1 aliphatic heterocycles. The second-order valence-corrected chi connectivity index (χ2v) is 7.15. The number of hydrogen-bond acceptors (Lipinski definition) is 6. The molecule has 5 nitrogen and oxygen atoms in total. The Bertz CT molecular complexity index is 608. The number of ether oxygens (including phenoxy) is 1. The Morgan fingerprint density at radius 2 is 1.87 bits per heavy atom. The molecular formula is C17H24N4OS. The summed E-state index contributed by atoms with van der Waals surface area (Å²) in [6.45, 7) is 8.26. The van der Waals surface area contributed by atoms with E-state index in [1.807, 2.05) is 18.2 Å². The fourth-order valence-electron chi connectivity index (χ4n) is 2.92. The molecule has 0 spiro atoms. The Labute approximate surface area is 141 Å². The number of rotatable bonds is 5. The zero-order valence-electron chi connectivity index (χ0n) is 14.0. The minimum absolute atomic E-state index is 0.315. The summed E-state index contributed by atoms with van der Waals surface area (Å²) < 4.78 is 5.78. The highest BCUT2D eigenvalue weighted by Gasteiger charge is 2.22. The Morgan fingerprint density at radius 1 is 1.17 bits per heavy atom. The zero-order chi connectivity index (χ0) is 16.2. The van der Waals surface area contributed by atoms with Gasteiger partial charge in [-0.15, -0.1) is 10.2 Å². The molecule has 0 unspecified atom stereocenters. The van der Waals surface area contributed by atoms with Gasteiger partial charge in [0, 0.05) is 38.8 Å². The predicted molar refractivity (Wildman–Crippen MR) is 95.1 cm³/mol. The highest BCUT2D eigenvalue weighted by atomic mass is 32.1. The molecule has 3 rings (SSSR count). The molecule has 1 saturated heterocycles. The third kappa shape index (κ3) is 4.28. The van der Waals surface area contributed by atoms with Gasteiger partial charge in [0.05, 0.1) is 12.2 Å². The number of morpholine rings is 1. The largest absolute Gasteiger partial charge is 0.373 e. The molecule has 0 amide bonds. The lowest BCUT2D eigenvalue weighted by Gasteiger charge is -2.36. The lowest BCUT2D eigenvalue weighted by atomic mass is 10.2. The first-order valence-corrected chi connectivity index (χ1v) is 8.91. The van der Waals surface area contributed by atoms with Gasteiger partial charge in [-0.25, -0.2) is 0 Å². The van der Waals surface area contributed by atoms with Crippen LogP contribution in [0.25, 0.3) is 10.6 Å². The van der Waals surface area contributed by atoms with Crippen molar-refractivity contribution in [2.75, 3.05) is 38.1 Å². The van der Waals surface area contributed by atoms with Crippen LogP contribution in [0.2, 0.25) is 0 Å². The number of hydrogen-bond donors (Lipinski definition) is 0. The van der Waals surface area contributed by atoms with Crippen LogP contribution < -0.4 is 4.90 Å². The fraction of sp³-hybridized carbons (Fsp3) is 0.529. The average Bonchev–Trinajstić information content (AvgIpc) is 3.03. The maximum atomic E-state index is 5.78. The topological polar surface area (TPSA) is 41.5 Å². The van der Waals surface area contributed by atoms with Crippen LogP contribution in [0.4, 0.5) is 5.13 Å². The van der Waals surface area contributed by atoms with Crippen molar-refractivity contribution in [2.45, 2.75) is 26.1 Å². The number of nitrogens with zero attached hydrogens (tertiary/aromatic N) is 4. The first-order chi connectivity index (χ1) is 11.1. The van der Waals surface area contributed by atoms with Crippen molar-refractivity contribution in [2.24, 2.45) is 0 Å². The smallest absolute Gasteiger partial charge is 0.208 e. The maximum Gasteiger partial charge on any atom is 0.208 e. The Kier molecular flexibility index (Phi) is 5.25. The van der Waals surface area contributed by atoms with Crippen LogP contribution in [0, 0.1) is 0 Å². The fourth-order valence-corrected chi connectivity index (χ4v) is 3.76. The van der Waals surface area contributed by atoms with Crippen LogP contribution in [0.1, 0.15) is 13.8 Å². The van der Waals surface area contributed by atoms with E-state index in [4.69, 9.17) is 4.74 Å². The van der Waals surface area contributed by atoms with Crippen molar-refractivity contribution in [3.05, 3.63) is 30.3 Å². The average molecular weight is 332 g/mol. The van der Waals surface area contributed by atoms with Crippen LogP contribution in [0.15, 0.2) is 30.3 Å². The van der Waals surface area contributed by atoms with Gasteiger partial charge in [-0.05, 0) is 13.8 Å². The molecule has 0 N–H and O–H groups in total. The van der Waals surface area contributed by atoms with E-state index in [1.165, 1.54) is 0 Å². The molecule has 1 aromatic carbocycles. The predicted octanol–water partition coefficient (Wildman–Crippen LogP) is 2.75. The Balaban J connectivity index is 1.56. The monoisotopic (exact) mass is 332 g/mol. The van der Waals surface area contributed by atoms with Crippen LogP contribution in [-0.4, -0.2) is 60.5 Å². The lowest BCUT2D eigenvalue weighted by molar-refractivity contribution is -0.0670. The second kappa shape index (κ2) is 7.38. The van der Waals surface area contributed by atoms with Gasteiger partial charge in [-0.3, -0.25) is 4.90 Å². The molecule has 0 aliphatic carbocycles. The molecule has 124 valence electrons. The van der Waals surface area contributed by atoms with E-state index in [1.54, 1.807) is 11.3 Å². The standard InChI is InChI=1S/C17H24N4OS/c1-13-11-21(12-14(2)22-13)10-9-20(3)17-19-18-16(23-17)15-7-5-4-6-8-15/h4-8,13-14H,9-12H2,1-3H3/t13-,14+. The molecule has 0 bridgehead atoms. The number of anilines is 1. The van der Waals surface area contributed by atoms with Crippen molar-refractivity contribution in [3.8, 4) is 10.6 Å². The Morgan fingerprint density at radius 3 is 2.57 bits per heavy atom. The van der Waals surface area contributed by atoms with Crippen LogP contribution in [0.5, 0.6) is 0 Å². The van der Waals surface area contributed by atoms with E-state index in [-0.39, 0.29) is 0 Å². The first-order valence-electron chi connectivity index (χ1n) is 8.09. The van der Waals surface area contributed by atoms with Crippen molar-refractivity contribution in [1.29, 1.82) is 0 Å². The second-order valence-electron chi connectivity index (χ2n) is 6.19. The van der Waals surface area contributed by atoms with Crippen LogP contribution >= 0.6 is 11.3 Å². The summed E-state index contributed by atoms with van der Waals surface area (Å²) in [5, 5.41) is 10.6. The summed E-state index contributed by atoms with van der Waals surface area (Å²) in [4.78, 5) is 4.66. The molecule has 23 heavy (non-hydrogen) atoms. The molecule has 2 heterocycles. The van der Waals surface area contributed by atoms with Crippen molar-refractivity contribution >= 4 is 16.5 Å². The summed E-state index contributed by atoms with van der Waals surface area (Å²) in [6.07, 6.45) is 0.630. The van der Waals surface area contributed by atoms with E-state index in [0.29, 0.717) is 12.2 Å². The molecular weight excluding hydrogens is 308 g/mol. The molecule has 6 heteroatoms. The van der Waals surface area contributed by atoms with Gasteiger partial charge >= 0.3 is 0 Å². The SMILES string of the molecule is C[C@@H]1CN(CCN(C)c2nnc(-c3ccccc3)s2)C[C@H](C)O1. The van der Waals surface area contributed by atoms with Gasteiger partial charge in [0.15, 0.2) is 0 Å². The van der Waals surface area contributed by atoms with Crippen molar-refractivity contribution in [3.63, 3.8) is 0 Å².